The third-order valence-corrected chi connectivity index (χ3v) is 4.85. The van der Waals surface area contributed by atoms with Gasteiger partial charge in [0.15, 0.2) is 10.9 Å². The van der Waals surface area contributed by atoms with E-state index >= 15 is 0 Å². The average molecular weight is 328 g/mol. The molecule has 1 amide bonds. The van der Waals surface area contributed by atoms with E-state index in [1.54, 1.807) is 24.3 Å². The highest BCUT2D eigenvalue weighted by molar-refractivity contribution is 7.15. The largest absolute Gasteiger partial charge is 0.451 e. The normalized spacial score (nSPS) is 13.1. The number of anilines is 1. The molecule has 23 heavy (non-hydrogen) atoms. The number of amides is 1. The van der Waals surface area contributed by atoms with Crippen LogP contribution in [0, 0.1) is 5.82 Å². The van der Waals surface area contributed by atoms with E-state index in [9.17, 15) is 9.18 Å². The topological polar surface area (TPSA) is 55.1 Å². The maximum absolute atomic E-state index is 12.9. The Morgan fingerprint density at radius 2 is 2.00 bits per heavy atom. The highest BCUT2D eigenvalue weighted by atomic mass is 32.1. The molecule has 3 aromatic rings. The Hall–Kier alpha value is -2.47. The van der Waals surface area contributed by atoms with Crippen LogP contribution in [0.5, 0.6) is 0 Å². The zero-order valence-electron chi connectivity index (χ0n) is 12.1. The minimum atomic E-state index is -0.328. The van der Waals surface area contributed by atoms with Crippen LogP contribution < -0.4 is 5.32 Å². The Morgan fingerprint density at radius 1 is 1.17 bits per heavy atom. The van der Waals surface area contributed by atoms with Crippen LogP contribution in [0.3, 0.4) is 0 Å². The lowest BCUT2D eigenvalue weighted by Gasteiger charge is -1.99. The van der Waals surface area contributed by atoms with Gasteiger partial charge < -0.3 is 4.42 Å². The molecule has 2 heterocycles. The van der Waals surface area contributed by atoms with Crippen LogP contribution in [0.1, 0.15) is 27.5 Å². The van der Waals surface area contributed by atoms with Crippen LogP contribution in [0.15, 0.2) is 40.8 Å². The van der Waals surface area contributed by atoms with E-state index < -0.39 is 0 Å². The molecule has 1 aliphatic carbocycles. The van der Waals surface area contributed by atoms with E-state index in [2.05, 4.69) is 10.3 Å². The number of carbonyl (C=O) groups is 1. The van der Waals surface area contributed by atoms with Gasteiger partial charge in [-0.2, -0.15) is 0 Å². The molecule has 6 heteroatoms. The molecule has 0 unspecified atom stereocenters. The van der Waals surface area contributed by atoms with Crippen LogP contribution in [0.4, 0.5) is 9.52 Å². The number of fused-ring (bicyclic) bond motifs is 1. The standard InChI is InChI=1S/C17H13FN2O2S/c18-11-6-4-10(5-7-11)13-8-9-14(22-13)16(21)20-17-19-12-2-1-3-15(12)23-17/h4-9H,1-3H2,(H,19,20,21). The van der Waals surface area contributed by atoms with Crippen LogP contribution in [0.25, 0.3) is 11.3 Å². The summed E-state index contributed by atoms with van der Waals surface area (Å²) in [4.78, 5) is 17.9. The maximum atomic E-state index is 12.9. The number of benzene rings is 1. The summed E-state index contributed by atoms with van der Waals surface area (Å²) in [7, 11) is 0. The number of rotatable bonds is 3. The summed E-state index contributed by atoms with van der Waals surface area (Å²) in [5.74, 6) is 0.0948. The molecule has 1 aliphatic rings. The first-order chi connectivity index (χ1) is 11.2. The summed E-state index contributed by atoms with van der Waals surface area (Å²) in [5.41, 5.74) is 1.82. The molecule has 0 radical (unpaired) electrons. The van der Waals surface area contributed by atoms with Gasteiger partial charge in [0, 0.05) is 10.4 Å². The Kier molecular flexibility index (Phi) is 3.46. The molecule has 2 aromatic heterocycles. The van der Waals surface area contributed by atoms with E-state index in [1.165, 1.54) is 28.3 Å². The molecule has 1 aromatic carbocycles. The third kappa shape index (κ3) is 2.77. The molecule has 0 fully saturated rings. The van der Waals surface area contributed by atoms with Gasteiger partial charge in [0.25, 0.3) is 5.91 Å². The predicted molar refractivity (Wildman–Crippen MR) is 86.2 cm³/mol. The molecular weight excluding hydrogens is 315 g/mol. The molecule has 0 atom stereocenters. The number of carbonyl (C=O) groups excluding carboxylic acids is 1. The van der Waals surface area contributed by atoms with E-state index in [1.807, 2.05) is 0 Å². The fraction of sp³-hybridized carbons (Fsp3) is 0.176. The highest BCUT2D eigenvalue weighted by Gasteiger charge is 2.19. The van der Waals surface area contributed by atoms with Crippen molar-refractivity contribution in [3.8, 4) is 11.3 Å². The second-order valence-corrected chi connectivity index (χ2v) is 6.45. The lowest BCUT2D eigenvalue weighted by molar-refractivity contribution is 0.0997. The van der Waals surface area contributed by atoms with Gasteiger partial charge in [-0.15, -0.1) is 11.3 Å². The van der Waals surface area contributed by atoms with Gasteiger partial charge in [0.1, 0.15) is 11.6 Å². The van der Waals surface area contributed by atoms with Gasteiger partial charge in [-0.3, -0.25) is 10.1 Å². The first kappa shape index (κ1) is 14.1. The lowest BCUT2D eigenvalue weighted by Crippen LogP contribution is -2.10. The Balaban J connectivity index is 1.51. The van der Waals surface area contributed by atoms with Crippen molar-refractivity contribution in [2.45, 2.75) is 19.3 Å². The smallest absolute Gasteiger partial charge is 0.293 e. The minimum Gasteiger partial charge on any atom is -0.451 e. The van der Waals surface area contributed by atoms with Crippen molar-refractivity contribution in [2.75, 3.05) is 5.32 Å². The quantitative estimate of drug-likeness (QED) is 0.780. The van der Waals surface area contributed by atoms with Gasteiger partial charge in [0.2, 0.25) is 0 Å². The molecule has 0 spiro atoms. The number of nitrogens with zero attached hydrogens (tertiary/aromatic N) is 1. The number of hydrogen-bond donors (Lipinski definition) is 1. The maximum Gasteiger partial charge on any atom is 0.293 e. The van der Waals surface area contributed by atoms with Crippen molar-refractivity contribution < 1.29 is 13.6 Å². The van der Waals surface area contributed by atoms with Crippen molar-refractivity contribution in [2.24, 2.45) is 0 Å². The molecule has 0 bridgehead atoms. The molecule has 4 rings (SSSR count). The summed E-state index contributed by atoms with van der Waals surface area (Å²) in [5, 5.41) is 3.39. The van der Waals surface area contributed by atoms with Gasteiger partial charge >= 0.3 is 0 Å². The lowest BCUT2D eigenvalue weighted by atomic mass is 10.2. The van der Waals surface area contributed by atoms with Gasteiger partial charge in [-0.25, -0.2) is 9.37 Å². The van der Waals surface area contributed by atoms with Crippen molar-refractivity contribution in [1.29, 1.82) is 0 Å². The van der Waals surface area contributed by atoms with Gasteiger partial charge in [-0.05, 0) is 55.7 Å². The summed E-state index contributed by atoms with van der Waals surface area (Å²) in [6.45, 7) is 0. The first-order valence-corrected chi connectivity index (χ1v) is 8.16. The van der Waals surface area contributed by atoms with Crippen molar-refractivity contribution in [3.05, 3.63) is 58.5 Å². The number of aryl methyl sites for hydroxylation is 2. The monoisotopic (exact) mass is 328 g/mol. The van der Waals surface area contributed by atoms with Crippen LogP contribution in [-0.4, -0.2) is 10.9 Å². The SMILES string of the molecule is O=C(Nc1nc2c(s1)CCC2)c1ccc(-c2ccc(F)cc2)o1. The summed E-state index contributed by atoms with van der Waals surface area (Å²) in [6.07, 6.45) is 3.16. The molecule has 116 valence electrons. The zero-order valence-corrected chi connectivity index (χ0v) is 13.0. The molecule has 0 saturated heterocycles. The summed E-state index contributed by atoms with van der Waals surface area (Å²) >= 11 is 1.52. The van der Waals surface area contributed by atoms with Crippen molar-refractivity contribution in [3.63, 3.8) is 0 Å². The summed E-state index contributed by atoms with van der Waals surface area (Å²) < 4.78 is 18.5. The predicted octanol–water partition coefficient (Wildman–Crippen LogP) is 4.28. The number of nitrogens with one attached hydrogen (secondary N) is 1. The number of hydrogen-bond acceptors (Lipinski definition) is 4. The average Bonchev–Trinajstić information content (AvgIpc) is 3.22. The van der Waals surface area contributed by atoms with Crippen LogP contribution >= 0.6 is 11.3 Å². The minimum absolute atomic E-state index is 0.208. The fourth-order valence-electron chi connectivity index (χ4n) is 2.63. The second kappa shape index (κ2) is 5.62. The van der Waals surface area contributed by atoms with E-state index in [4.69, 9.17) is 4.42 Å². The Morgan fingerprint density at radius 3 is 2.78 bits per heavy atom. The molecule has 0 saturated carbocycles. The highest BCUT2D eigenvalue weighted by Crippen LogP contribution is 2.31. The van der Waals surface area contributed by atoms with E-state index in [0.29, 0.717) is 10.9 Å². The number of furan rings is 1. The van der Waals surface area contributed by atoms with Crippen LogP contribution in [-0.2, 0) is 12.8 Å². The number of thiazole rings is 1. The van der Waals surface area contributed by atoms with Gasteiger partial charge in [0.05, 0.1) is 5.69 Å². The van der Waals surface area contributed by atoms with E-state index in [-0.39, 0.29) is 17.5 Å². The van der Waals surface area contributed by atoms with Crippen molar-refractivity contribution in [1.82, 2.24) is 4.98 Å². The van der Waals surface area contributed by atoms with Crippen molar-refractivity contribution >= 4 is 22.4 Å². The van der Waals surface area contributed by atoms with Crippen LogP contribution in [0.2, 0.25) is 0 Å². The second-order valence-electron chi connectivity index (χ2n) is 5.37. The zero-order chi connectivity index (χ0) is 15.8. The molecule has 1 N–H and O–H groups in total. The summed E-state index contributed by atoms with van der Waals surface area (Å²) in [6, 6.07) is 9.24. The van der Waals surface area contributed by atoms with Gasteiger partial charge in [-0.1, -0.05) is 0 Å². The number of aromatic nitrogens is 1. The first-order valence-electron chi connectivity index (χ1n) is 7.35. The molecule has 4 nitrogen and oxygen atoms in total. The third-order valence-electron chi connectivity index (χ3n) is 3.77. The Labute approximate surface area is 136 Å². The Bertz CT molecular complexity index is 846. The molecular formula is C17H13FN2O2S. The molecule has 0 aliphatic heterocycles. The number of halogens is 1. The van der Waals surface area contributed by atoms with E-state index in [0.717, 1.165) is 30.5 Å². The fourth-order valence-corrected chi connectivity index (χ4v) is 3.68.